The van der Waals surface area contributed by atoms with Gasteiger partial charge in [-0.05, 0) is 99.1 Å². The molecule has 0 aliphatic heterocycles. The van der Waals surface area contributed by atoms with Crippen LogP contribution in [0.5, 0.6) is 11.5 Å². The third kappa shape index (κ3) is 8.47. The molecule has 0 saturated heterocycles. The Bertz CT molecular complexity index is 799. The molecule has 3 rings (SSSR count). The van der Waals surface area contributed by atoms with Crippen LogP contribution in [0.15, 0.2) is 36.4 Å². The highest BCUT2D eigenvalue weighted by Gasteiger charge is 2.20. The van der Waals surface area contributed by atoms with E-state index in [2.05, 4.69) is 34.9 Å². The lowest BCUT2D eigenvalue weighted by Gasteiger charge is -2.26. The smallest absolute Gasteiger partial charge is 0.161 e. The van der Waals surface area contributed by atoms with E-state index < -0.39 is 0 Å². The van der Waals surface area contributed by atoms with E-state index in [0.29, 0.717) is 6.04 Å². The average Bonchev–Trinajstić information content (AvgIpc) is 2.80. The number of fused-ring (bicyclic) bond motifs is 1. The van der Waals surface area contributed by atoms with Gasteiger partial charge in [-0.3, -0.25) is 0 Å². The monoisotopic (exact) mass is 480 g/mol. The van der Waals surface area contributed by atoms with E-state index in [1.54, 1.807) is 14.2 Å². The van der Waals surface area contributed by atoms with Gasteiger partial charge in [-0.2, -0.15) is 0 Å². The van der Waals surface area contributed by atoms with Crippen LogP contribution in [0.25, 0.3) is 0 Å². The number of hydrogen-bond acceptors (Lipinski definition) is 4. The van der Waals surface area contributed by atoms with Gasteiger partial charge < -0.3 is 20.1 Å². The summed E-state index contributed by atoms with van der Waals surface area (Å²) in [5.41, 5.74) is 4.14. The maximum atomic E-state index is 5.92. The molecule has 0 heterocycles. The first-order chi connectivity index (χ1) is 15.2. The molecule has 2 N–H and O–H groups in total. The second kappa shape index (κ2) is 14.6. The fourth-order valence-corrected chi connectivity index (χ4v) is 4.43. The summed E-state index contributed by atoms with van der Waals surface area (Å²) in [5.74, 6) is 1.68. The van der Waals surface area contributed by atoms with Crippen molar-refractivity contribution in [1.82, 2.24) is 10.6 Å². The lowest BCUT2D eigenvalue weighted by molar-refractivity contribution is 0.352. The summed E-state index contributed by atoms with van der Waals surface area (Å²) in [6.45, 7) is 3.24. The van der Waals surface area contributed by atoms with Crippen LogP contribution in [-0.4, -0.2) is 39.9 Å². The standard InChI is InChI=1S/C26H37ClN2O2.ClH/c1-30-25-18-21-9-12-24(17-22(21)19-26(25)31-2)29-15-6-4-3-5-14-28-16-13-20-7-10-23(27)11-8-20;/h7-8,10-11,18-19,24,28-29H,3-6,9,12-17H2,1-2H3;1H. The maximum absolute atomic E-state index is 5.92. The Morgan fingerprint density at radius 3 is 2.22 bits per heavy atom. The fourth-order valence-electron chi connectivity index (χ4n) is 4.30. The number of methoxy groups -OCH3 is 2. The van der Waals surface area contributed by atoms with Crippen molar-refractivity contribution < 1.29 is 9.47 Å². The van der Waals surface area contributed by atoms with E-state index in [1.165, 1.54) is 48.8 Å². The van der Waals surface area contributed by atoms with Crippen molar-refractivity contribution in [1.29, 1.82) is 0 Å². The van der Waals surface area contributed by atoms with Crippen molar-refractivity contribution in [3.63, 3.8) is 0 Å². The number of aryl methyl sites for hydroxylation is 1. The quantitative estimate of drug-likeness (QED) is 0.365. The van der Waals surface area contributed by atoms with Gasteiger partial charge in [-0.25, -0.2) is 0 Å². The van der Waals surface area contributed by atoms with Gasteiger partial charge in [0.2, 0.25) is 0 Å². The summed E-state index contributed by atoms with van der Waals surface area (Å²) >= 11 is 5.92. The molecular formula is C26H38Cl2N2O2. The zero-order valence-corrected chi connectivity index (χ0v) is 21.0. The van der Waals surface area contributed by atoms with Crippen LogP contribution in [0.1, 0.15) is 48.8 Å². The number of hydrogen-bond donors (Lipinski definition) is 2. The molecule has 0 aromatic heterocycles. The summed E-state index contributed by atoms with van der Waals surface area (Å²) in [5, 5.41) is 8.12. The maximum Gasteiger partial charge on any atom is 0.161 e. The minimum Gasteiger partial charge on any atom is -0.493 e. The molecule has 0 bridgehead atoms. The molecule has 1 atom stereocenters. The van der Waals surface area contributed by atoms with E-state index in [9.17, 15) is 0 Å². The second-order valence-corrected chi connectivity index (χ2v) is 8.85. The largest absolute Gasteiger partial charge is 0.493 e. The van der Waals surface area contributed by atoms with Crippen molar-refractivity contribution in [3.05, 3.63) is 58.1 Å². The fraction of sp³-hybridized carbons (Fsp3) is 0.538. The van der Waals surface area contributed by atoms with Crippen LogP contribution in [0.4, 0.5) is 0 Å². The molecule has 0 spiro atoms. The molecule has 0 fully saturated rings. The SMILES string of the molecule is COc1cc2c(cc1OC)CC(NCCCCCCNCCc1ccc(Cl)cc1)CC2.Cl. The molecule has 0 saturated carbocycles. The van der Waals surface area contributed by atoms with Gasteiger partial charge in [0.1, 0.15) is 0 Å². The Hall–Kier alpha value is -1.46. The number of unbranched alkanes of at least 4 members (excludes halogenated alkanes) is 3. The molecule has 4 nitrogen and oxygen atoms in total. The highest BCUT2D eigenvalue weighted by molar-refractivity contribution is 6.30. The van der Waals surface area contributed by atoms with E-state index in [-0.39, 0.29) is 12.4 Å². The molecule has 0 radical (unpaired) electrons. The molecule has 178 valence electrons. The normalized spacial score (nSPS) is 15.0. The topological polar surface area (TPSA) is 42.5 Å². The molecule has 32 heavy (non-hydrogen) atoms. The molecule has 2 aromatic rings. The zero-order valence-electron chi connectivity index (χ0n) is 19.4. The Balaban J connectivity index is 0.00000363. The third-order valence-electron chi connectivity index (χ3n) is 6.15. The van der Waals surface area contributed by atoms with Crippen molar-refractivity contribution in [2.45, 2.75) is 57.4 Å². The Kier molecular flexibility index (Phi) is 12.3. The van der Waals surface area contributed by atoms with Gasteiger partial charge in [0.05, 0.1) is 14.2 Å². The van der Waals surface area contributed by atoms with Crippen molar-refractivity contribution in [2.24, 2.45) is 0 Å². The van der Waals surface area contributed by atoms with Gasteiger partial charge in [0.25, 0.3) is 0 Å². The van der Waals surface area contributed by atoms with Crippen LogP contribution < -0.4 is 20.1 Å². The molecular weight excluding hydrogens is 443 g/mol. The minimum absolute atomic E-state index is 0. The first kappa shape index (κ1) is 26.8. The number of rotatable bonds is 13. The van der Waals surface area contributed by atoms with E-state index in [1.807, 2.05) is 12.1 Å². The van der Waals surface area contributed by atoms with Crippen molar-refractivity contribution in [3.8, 4) is 11.5 Å². The van der Waals surface area contributed by atoms with Crippen LogP contribution in [0.2, 0.25) is 5.02 Å². The molecule has 1 unspecified atom stereocenters. The lowest BCUT2D eigenvalue weighted by atomic mass is 9.87. The van der Waals surface area contributed by atoms with E-state index in [0.717, 1.165) is 55.4 Å². The van der Waals surface area contributed by atoms with Crippen LogP contribution in [0.3, 0.4) is 0 Å². The average molecular weight is 482 g/mol. The zero-order chi connectivity index (χ0) is 21.9. The predicted molar refractivity (Wildman–Crippen MR) is 137 cm³/mol. The van der Waals surface area contributed by atoms with Crippen LogP contribution >= 0.6 is 24.0 Å². The van der Waals surface area contributed by atoms with Gasteiger partial charge in [0.15, 0.2) is 11.5 Å². The van der Waals surface area contributed by atoms with Gasteiger partial charge in [-0.15, -0.1) is 12.4 Å². The highest BCUT2D eigenvalue weighted by Crippen LogP contribution is 2.34. The van der Waals surface area contributed by atoms with Crippen LogP contribution in [0, 0.1) is 0 Å². The van der Waals surface area contributed by atoms with Crippen LogP contribution in [-0.2, 0) is 19.3 Å². The van der Waals surface area contributed by atoms with Crippen molar-refractivity contribution >= 4 is 24.0 Å². The molecule has 0 amide bonds. The third-order valence-corrected chi connectivity index (χ3v) is 6.40. The van der Waals surface area contributed by atoms with Gasteiger partial charge in [-0.1, -0.05) is 36.6 Å². The number of benzene rings is 2. The molecule has 1 aliphatic carbocycles. The number of ether oxygens (including phenoxy) is 2. The van der Waals surface area contributed by atoms with Crippen molar-refractivity contribution in [2.75, 3.05) is 33.9 Å². The first-order valence-corrected chi connectivity index (χ1v) is 12.0. The summed E-state index contributed by atoms with van der Waals surface area (Å²) in [6.07, 6.45) is 9.52. The molecule has 2 aromatic carbocycles. The Morgan fingerprint density at radius 1 is 0.875 bits per heavy atom. The highest BCUT2D eigenvalue weighted by atomic mass is 35.5. The molecule has 6 heteroatoms. The lowest BCUT2D eigenvalue weighted by Crippen LogP contribution is -2.35. The Labute approximate surface area is 204 Å². The minimum atomic E-state index is 0. The van der Waals surface area contributed by atoms with E-state index >= 15 is 0 Å². The van der Waals surface area contributed by atoms with Gasteiger partial charge in [0, 0.05) is 11.1 Å². The summed E-state index contributed by atoms with van der Waals surface area (Å²) in [7, 11) is 3.41. The summed E-state index contributed by atoms with van der Waals surface area (Å²) in [6, 6.07) is 13.0. The number of halogens is 2. The molecule has 1 aliphatic rings. The Morgan fingerprint density at radius 2 is 1.53 bits per heavy atom. The van der Waals surface area contributed by atoms with E-state index in [4.69, 9.17) is 21.1 Å². The second-order valence-electron chi connectivity index (χ2n) is 8.41. The summed E-state index contributed by atoms with van der Waals surface area (Å²) < 4.78 is 10.9. The van der Waals surface area contributed by atoms with Gasteiger partial charge >= 0.3 is 0 Å². The first-order valence-electron chi connectivity index (χ1n) is 11.6. The summed E-state index contributed by atoms with van der Waals surface area (Å²) in [4.78, 5) is 0. The number of nitrogens with one attached hydrogen (secondary N) is 2. The predicted octanol–water partition coefficient (Wildman–Crippen LogP) is 5.62.